The van der Waals surface area contributed by atoms with Gasteiger partial charge >= 0.3 is 0 Å². The van der Waals surface area contributed by atoms with Crippen LogP contribution in [0.3, 0.4) is 0 Å². The maximum absolute atomic E-state index is 5.76. The molecule has 0 spiro atoms. The van der Waals surface area contributed by atoms with E-state index in [1.165, 1.54) is 29.3 Å². The quantitative estimate of drug-likeness (QED) is 0.806. The lowest BCUT2D eigenvalue weighted by atomic mass is 10.1. The number of rotatable bonds is 6. The first-order valence-corrected chi connectivity index (χ1v) is 7.72. The number of ether oxygens (including phenoxy) is 2. The Hall–Kier alpha value is -1.32. The number of hydrogen-bond acceptors (Lipinski definition) is 2. The highest BCUT2D eigenvalue weighted by atomic mass is 16.7. The topological polar surface area (TPSA) is 34.2 Å². The first kappa shape index (κ1) is 13.7. The summed E-state index contributed by atoms with van der Waals surface area (Å²) in [6, 6.07) is 8.63. The number of aromatic nitrogens is 1. The van der Waals surface area contributed by atoms with Crippen molar-refractivity contribution in [2.75, 3.05) is 13.2 Å². The third kappa shape index (κ3) is 3.41. The van der Waals surface area contributed by atoms with Crippen LogP contribution in [0.1, 0.15) is 37.7 Å². The molecule has 0 radical (unpaired) electrons. The van der Waals surface area contributed by atoms with E-state index in [0.29, 0.717) is 0 Å². The summed E-state index contributed by atoms with van der Waals surface area (Å²) in [6.07, 6.45) is 8.89. The Bertz CT molecular complexity index is 529. The Morgan fingerprint density at radius 2 is 2.20 bits per heavy atom. The molecule has 3 heteroatoms. The van der Waals surface area contributed by atoms with Crippen LogP contribution in [0.25, 0.3) is 10.9 Å². The molecular formula is C17H23NO2. The Kier molecular flexibility index (Phi) is 4.72. The van der Waals surface area contributed by atoms with Crippen molar-refractivity contribution < 1.29 is 9.47 Å². The van der Waals surface area contributed by atoms with Gasteiger partial charge in [-0.15, -0.1) is 0 Å². The highest BCUT2D eigenvalue weighted by Gasteiger charge is 2.13. The predicted molar refractivity (Wildman–Crippen MR) is 80.8 cm³/mol. The third-order valence-electron chi connectivity index (χ3n) is 3.96. The summed E-state index contributed by atoms with van der Waals surface area (Å²) in [7, 11) is 0. The van der Waals surface area contributed by atoms with Crippen LogP contribution in [0.5, 0.6) is 0 Å². The first-order valence-electron chi connectivity index (χ1n) is 7.72. The summed E-state index contributed by atoms with van der Waals surface area (Å²) >= 11 is 0. The van der Waals surface area contributed by atoms with Crippen LogP contribution < -0.4 is 0 Å². The number of fused-ring (bicyclic) bond motifs is 1. The summed E-state index contributed by atoms with van der Waals surface area (Å²) in [5, 5.41) is 1.30. The lowest BCUT2D eigenvalue weighted by molar-refractivity contribution is -0.162. The SMILES string of the molecule is c1cc(CCCCO[C@@H]2CCCCO2)c2[nH]ccc2c1. The van der Waals surface area contributed by atoms with E-state index >= 15 is 0 Å². The van der Waals surface area contributed by atoms with Crippen LogP contribution >= 0.6 is 0 Å². The van der Waals surface area contributed by atoms with Gasteiger partial charge in [0.1, 0.15) is 0 Å². The summed E-state index contributed by atoms with van der Waals surface area (Å²) in [5.74, 6) is 0. The van der Waals surface area contributed by atoms with Crippen LogP contribution in [0.2, 0.25) is 0 Å². The van der Waals surface area contributed by atoms with E-state index in [9.17, 15) is 0 Å². The van der Waals surface area contributed by atoms with Crippen molar-refractivity contribution in [1.82, 2.24) is 4.98 Å². The van der Waals surface area contributed by atoms with E-state index in [2.05, 4.69) is 29.2 Å². The molecule has 0 saturated carbocycles. The van der Waals surface area contributed by atoms with Crippen molar-refractivity contribution in [3.8, 4) is 0 Å². The van der Waals surface area contributed by atoms with Crippen molar-refractivity contribution in [3.63, 3.8) is 0 Å². The zero-order valence-electron chi connectivity index (χ0n) is 11.9. The minimum atomic E-state index is 0.0515. The van der Waals surface area contributed by atoms with Crippen LogP contribution in [0.4, 0.5) is 0 Å². The van der Waals surface area contributed by atoms with Crippen molar-refractivity contribution >= 4 is 10.9 Å². The van der Waals surface area contributed by atoms with Crippen molar-refractivity contribution in [3.05, 3.63) is 36.0 Å². The normalized spacial score (nSPS) is 19.5. The lowest BCUT2D eigenvalue weighted by Gasteiger charge is -2.22. The second kappa shape index (κ2) is 6.91. The van der Waals surface area contributed by atoms with Crippen LogP contribution in [-0.4, -0.2) is 24.5 Å². The highest BCUT2D eigenvalue weighted by molar-refractivity contribution is 5.82. The van der Waals surface area contributed by atoms with E-state index < -0.39 is 0 Å². The average molecular weight is 273 g/mol. The number of aromatic amines is 1. The number of unbranched alkanes of at least 4 members (excludes halogenated alkanes) is 1. The summed E-state index contributed by atoms with van der Waals surface area (Å²) in [5.41, 5.74) is 2.69. The maximum atomic E-state index is 5.76. The van der Waals surface area contributed by atoms with E-state index in [1.807, 2.05) is 6.20 Å². The zero-order valence-corrected chi connectivity index (χ0v) is 11.9. The van der Waals surface area contributed by atoms with Crippen molar-refractivity contribution in [2.45, 2.75) is 44.8 Å². The van der Waals surface area contributed by atoms with Gasteiger partial charge in [-0.05, 0) is 55.5 Å². The molecule has 20 heavy (non-hydrogen) atoms. The fraction of sp³-hybridized carbons (Fsp3) is 0.529. The molecule has 1 aliphatic heterocycles. The number of para-hydroxylation sites is 1. The number of hydrogen-bond donors (Lipinski definition) is 1. The number of nitrogens with one attached hydrogen (secondary N) is 1. The van der Waals surface area contributed by atoms with Gasteiger partial charge in [0.15, 0.2) is 6.29 Å². The largest absolute Gasteiger partial charge is 0.361 e. The Morgan fingerprint density at radius 1 is 1.20 bits per heavy atom. The molecule has 0 bridgehead atoms. The molecule has 3 nitrogen and oxygen atoms in total. The molecule has 1 aliphatic rings. The number of aryl methyl sites for hydroxylation is 1. The lowest BCUT2D eigenvalue weighted by Crippen LogP contribution is -2.22. The molecule has 108 valence electrons. The van der Waals surface area contributed by atoms with Gasteiger partial charge in [0.2, 0.25) is 0 Å². The Labute approximate surface area is 120 Å². The second-order valence-corrected chi connectivity index (χ2v) is 5.48. The van der Waals surface area contributed by atoms with Crippen LogP contribution in [-0.2, 0) is 15.9 Å². The summed E-state index contributed by atoms with van der Waals surface area (Å²) < 4.78 is 11.3. The summed E-state index contributed by atoms with van der Waals surface area (Å²) in [6.45, 7) is 1.67. The molecule has 0 aliphatic carbocycles. The van der Waals surface area contributed by atoms with Gasteiger partial charge in [-0.2, -0.15) is 0 Å². The molecule has 0 amide bonds. The van der Waals surface area contributed by atoms with E-state index in [-0.39, 0.29) is 6.29 Å². The molecule has 2 heterocycles. The first-order chi connectivity index (χ1) is 9.93. The molecule has 1 aromatic carbocycles. The van der Waals surface area contributed by atoms with Gasteiger partial charge in [-0.1, -0.05) is 18.2 Å². The molecule has 3 rings (SSSR count). The molecule has 2 aromatic rings. The molecule has 1 saturated heterocycles. The standard InChI is InChI=1S/C17H23NO2/c1(3-12-19-16-9-2-4-13-20-16)6-14-7-5-8-15-10-11-18-17(14)15/h5,7-8,10-11,16,18H,1-4,6,9,12-13H2/t16-/m0/s1. The molecular weight excluding hydrogens is 250 g/mol. The zero-order chi connectivity index (χ0) is 13.6. The van der Waals surface area contributed by atoms with E-state index in [0.717, 1.165) is 38.9 Å². The van der Waals surface area contributed by atoms with E-state index in [4.69, 9.17) is 9.47 Å². The van der Waals surface area contributed by atoms with Crippen molar-refractivity contribution in [1.29, 1.82) is 0 Å². The summed E-state index contributed by atoms with van der Waals surface area (Å²) in [4.78, 5) is 3.33. The monoisotopic (exact) mass is 273 g/mol. The number of H-pyrrole nitrogens is 1. The number of benzene rings is 1. The van der Waals surface area contributed by atoms with E-state index in [1.54, 1.807) is 0 Å². The fourth-order valence-corrected chi connectivity index (χ4v) is 2.83. The molecule has 1 aromatic heterocycles. The van der Waals surface area contributed by atoms with Crippen LogP contribution in [0.15, 0.2) is 30.5 Å². The van der Waals surface area contributed by atoms with Gasteiger partial charge in [-0.25, -0.2) is 0 Å². The van der Waals surface area contributed by atoms with Gasteiger partial charge in [0.05, 0.1) is 0 Å². The van der Waals surface area contributed by atoms with Gasteiger partial charge in [0, 0.05) is 24.9 Å². The van der Waals surface area contributed by atoms with Gasteiger partial charge in [-0.3, -0.25) is 0 Å². The highest BCUT2D eigenvalue weighted by Crippen LogP contribution is 2.19. The Morgan fingerprint density at radius 3 is 3.10 bits per heavy atom. The van der Waals surface area contributed by atoms with Crippen LogP contribution in [0, 0.1) is 0 Å². The minimum Gasteiger partial charge on any atom is -0.361 e. The van der Waals surface area contributed by atoms with Gasteiger partial charge < -0.3 is 14.5 Å². The smallest absolute Gasteiger partial charge is 0.157 e. The van der Waals surface area contributed by atoms with Gasteiger partial charge in [0.25, 0.3) is 0 Å². The molecule has 1 fully saturated rings. The maximum Gasteiger partial charge on any atom is 0.157 e. The van der Waals surface area contributed by atoms with Crippen molar-refractivity contribution in [2.24, 2.45) is 0 Å². The molecule has 0 unspecified atom stereocenters. The molecule has 1 N–H and O–H groups in total. The predicted octanol–water partition coefficient (Wildman–Crippen LogP) is 4.03. The minimum absolute atomic E-state index is 0.0515. The second-order valence-electron chi connectivity index (χ2n) is 5.48. The third-order valence-corrected chi connectivity index (χ3v) is 3.96. The Balaban J connectivity index is 1.40. The average Bonchev–Trinajstić information content (AvgIpc) is 2.97. The molecule has 1 atom stereocenters. The fourth-order valence-electron chi connectivity index (χ4n) is 2.83.